The van der Waals surface area contributed by atoms with E-state index in [0.717, 1.165) is 28.9 Å². The maximum Gasteiger partial charge on any atom is 0.129 e. The fourth-order valence-corrected chi connectivity index (χ4v) is 2.27. The molecule has 1 N–H and O–H groups in total. The summed E-state index contributed by atoms with van der Waals surface area (Å²) >= 11 is 3.45. The van der Waals surface area contributed by atoms with E-state index < -0.39 is 0 Å². The third-order valence-corrected chi connectivity index (χ3v) is 3.42. The lowest BCUT2D eigenvalue weighted by Gasteiger charge is -2.13. The summed E-state index contributed by atoms with van der Waals surface area (Å²) in [6.45, 7) is 3.90. The van der Waals surface area contributed by atoms with E-state index in [1.807, 2.05) is 24.3 Å². The fraction of sp³-hybridized carbons (Fsp3) is 0.250. The van der Waals surface area contributed by atoms with Crippen LogP contribution < -0.4 is 10.1 Å². The minimum Gasteiger partial charge on any atom is -0.488 e. The van der Waals surface area contributed by atoms with Crippen molar-refractivity contribution in [3.05, 3.63) is 63.9 Å². The molecule has 0 fully saturated rings. The molecule has 2 rings (SSSR count). The molecule has 0 atom stereocenters. The third kappa shape index (κ3) is 5.30. The van der Waals surface area contributed by atoms with Crippen LogP contribution in [0.5, 0.6) is 5.75 Å². The summed E-state index contributed by atoms with van der Waals surface area (Å²) in [5, 5.41) is 3.27. The molecule has 0 heterocycles. The Labute approximate surface area is 139 Å². The van der Waals surface area contributed by atoms with Gasteiger partial charge in [-0.25, -0.2) is 4.39 Å². The van der Waals surface area contributed by atoms with Crippen molar-refractivity contribution in [3.8, 4) is 5.75 Å². The molecule has 2 aromatic carbocycles. The van der Waals surface area contributed by atoms with Gasteiger partial charge in [-0.05, 0) is 30.8 Å². The number of benzene rings is 2. The summed E-state index contributed by atoms with van der Waals surface area (Å²) in [6, 6.07) is 12.5. The van der Waals surface area contributed by atoms with Crippen LogP contribution in [0.3, 0.4) is 0 Å². The molecule has 5 heteroatoms. The molecule has 0 aliphatic rings. The Balaban J connectivity index is 0.00000220. The zero-order chi connectivity index (χ0) is 14.4. The first-order valence-electron chi connectivity index (χ1n) is 6.56. The van der Waals surface area contributed by atoms with Crippen LogP contribution in [-0.2, 0) is 13.2 Å². The molecule has 0 spiro atoms. The number of hydrogen-bond donors (Lipinski definition) is 1. The second-order valence-electron chi connectivity index (χ2n) is 4.41. The molecule has 114 valence electrons. The third-order valence-electron chi connectivity index (χ3n) is 2.93. The predicted octanol–water partition coefficient (Wildman–Crippen LogP) is 4.70. The molecule has 2 aromatic rings. The van der Waals surface area contributed by atoms with Gasteiger partial charge in [-0.15, -0.1) is 12.4 Å². The Kier molecular flexibility index (Phi) is 7.72. The standard InChI is InChI=1S/C16H17BrFNO.ClH/c1-2-19-10-13-9-14(17)7-8-16(13)20-11-12-5-3-4-6-15(12)18;/h3-9,19H,2,10-11H2,1H3;1H. The zero-order valence-electron chi connectivity index (χ0n) is 11.7. The number of halogens is 3. The second-order valence-corrected chi connectivity index (χ2v) is 5.33. The molecule has 0 bridgehead atoms. The van der Waals surface area contributed by atoms with Crippen LogP contribution >= 0.6 is 28.3 Å². The topological polar surface area (TPSA) is 21.3 Å². The van der Waals surface area contributed by atoms with Gasteiger partial charge in [0.1, 0.15) is 18.2 Å². The lowest BCUT2D eigenvalue weighted by Crippen LogP contribution is -2.13. The largest absolute Gasteiger partial charge is 0.488 e. The Morgan fingerprint density at radius 2 is 1.90 bits per heavy atom. The average Bonchev–Trinajstić information content (AvgIpc) is 2.45. The van der Waals surface area contributed by atoms with Gasteiger partial charge in [0.25, 0.3) is 0 Å². The van der Waals surface area contributed by atoms with Crippen molar-refractivity contribution in [2.24, 2.45) is 0 Å². The first kappa shape index (κ1) is 18.0. The monoisotopic (exact) mass is 373 g/mol. The average molecular weight is 375 g/mol. The number of hydrogen-bond acceptors (Lipinski definition) is 2. The van der Waals surface area contributed by atoms with Crippen LogP contribution in [0.2, 0.25) is 0 Å². The van der Waals surface area contributed by atoms with E-state index >= 15 is 0 Å². The maximum atomic E-state index is 13.6. The molecular weight excluding hydrogens is 357 g/mol. The van der Waals surface area contributed by atoms with Gasteiger partial charge in [0.05, 0.1) is 0 Å². The van der Waals surface area contributed by atoms with E-state index in [-0.39, 0.29) is 24.8 Å². The Morgan fingerprint density at radius 1 is 1.14 bits per heavy atom. The van der Waals surface area contributed by atoms with E-state index in [0.29, 0.717) is 5.56 Å². The molecule has 0 saturated heterocycles. The molecule has 21 heavy (non-hydrogen) atoms. The molecule has 0 radical (unpaired) electrons. The van der Waals surface area contributed by atoms with Crippen molar-refractivity contribution in [3.63, 3.8) is 0 Å². The summed E-state index contributed by atoms with van der Waals surface area (Å²) in [5.74, 6) is 0.537. The number of ether oxygens (including phenoxy) is 1. The van der Waals surface area contributed by atoms with Crippen LogP contribution in [-0.4, -0.2) is 6.54 Å². The van der Waals surface area contributed by atoms with Crippen LogP contribution in [0.15, 0.2) is 46.9 Å². The van der Waals surface area contributed by atoms with E-state index in [2.05, 4.69) is 28.2 Å². The maximum absolute atomic E-state index is 13.6. The highest BCUT2D eigenvalue weighted by molar-refractivity contribution is 9.10. The lowest BCUT2D eigenvalue weighted by molar-refractivity contribution is 0.296. The summed E-state index contributed by atoms with van der Waals surface area (Å²) in [7, 11) is 0. The van der Waals surface area contributed by atoms with Crippen molar-refractivity contribution in [2.75, 3.05) is 6.54 Å². The molecule has 0 aliphatic carbocycles. The highest BCUT2D eigenvalue weighted by Crippen LogP contribution is 2.24. The molecule has 2 nitrogen and oxygen atoms in total. The van der Waals surface area contributed by atoms with Crippen molar-refractivity contribution in [1.29, 1.82) is 0 Å². The van der Waals surface area contributed by atoms with Gasteiger partial charge in [-0.2, -0.15) is 0 Å². The smallest absolute Gasteiger partial charge is 0.129 e. The van der Waals surface area contributed by atoms with E-state index in [9.17, 15) is 4.39 Å². The first-order chi connectivity index (χ1) is 9.70. The van der Waals surface area contributed by atoms with Gasteiger partial charge in [-0.3, -0.25) is 0 Å². The summed E-state index contributed by atoms with van der Waals surface area (Å²) in [4.78, 5) is 0. The van der Waals surface area contributed by atoms with Crippen molar-refractivity contribution in [2.45, 2.75) is 20.1 Å². The normalized spacial score (nSPS) is 10.0. The van der Waals surface area contributed by atoms with Crippen LogP contribution in [0, 0.1) is 5.82 Å². The second kappa shape index (κ2) is 9.03. The number of rotatable bonds is 6. The summed E-state index contributed by atoms with van der Waals surface area (Å²) < 4.78 is 20.3. The van der Waals surface area contributed by atoms with Crippen LogP contribution in [0.4, 0.5) is 4.39 Å². The quantitative estimate of drug-likeness (QED) is 0.791. The Bertz CT molecular complexity index is 580. The Morgan fingerprint density at radius 3 is 2.62 bits per heavy atom. The van der Waals surface area contributed by atoms with Gasteiger partial charge in [0, 0.05) is 22.1 Å². The van der Waals surface area contributed by atoms with Crippen molar-refractivity contribution in [1.82, 2.24) is 5.32 Å². The van der Waals surface area contributed by atoms with E-state index in [1.165, 1.54) is 6.07 Å². The van der Waals surface area contributed by atoms with Crippen LogP contribution in [0.25, 0.3) is 0 Å². The first-order valence-corrected chi connectivity index (χ1v) is 7.35. The SMILES string of the molecule is CCNCc1cc(Br)ccc1OCc1ccccc1F.Cl. The van der Waals surface area contributed by atoms with E-state index in [1.54, 1.807) is 12.1 Å². The fourth-order valence-electron chi connectivity index (χ4n) is 1.86. The predicted molar refractivity (Wildman–Crippen MR) is 89.5 cm³/mol. The van der Waals surface area contributed by atoms with Gasteiger partial charge >= 0.3 is 0 Å². The minimum absolute atomic E-state index is 0. The van der Waals surface area contributed by atoms with E-state index in [4.69, 9.17) is 4.74 Å². The van der Waals surface area contributed by atoms with Gasteiger partial charge in [0.15, 0.2) is 0 Å². The van der Waals surface area contributed by atoms with Gasteiger partial charge < -0.3 is 10.1 Å². The highest BCUT2D eigenvalue weighted by Gasteiger charge is 2.06. The zero-order valence-corrected chi connectivity index (χ0v) is 14.1. The lowest BCUT2D eigenvalue weighted by atomic mass is 10.2. The number of nitrogens with one attached hydrogen (secondary N) is 1. The van der Waals surface area contributed by atoms with Gasteiger partial charge in [-0.1, -0.05) is 41.1 Å². The van der Waals surface area contributed by atoms with Crippen molar-refractivity contribution >= 4 is 28.3 Å². The summed E-state index contributed by atoms with van der Waals surface area (Å²) in [5.41, 5.74) is 1.61. The van der Waals surface area contributed by atoms with Crippen LogP contribution in [0.1, 0.15) is 18.1 Å². The molecule has 0 amide bonds. The molecule has 0 saturated carbocycles. The van der Waals surface area contributed by atoms with Gasteiger partial charge in [0.2, 0.25) is 0 Å². The molecule has 0 aliphatic heterocycles. The molecular formula is C16H18BrClFNO. The minimum atomic E-state index is -0.238. The highest BCUT2D eigenvalue weighted by atomic mass is 79.9. The summed E-state index contributed by atoms with van der Waals surface area (Å²) in [6.07, 6.45) is 0. The molecule has 0 unspecified atom stereocenters. The Hall–Kier alpha value is -1.10. The molecule has 0 aromatic heterocycles. The van der Waals surface area contributed by atoms with Crippen molar-refractivity contribution < 1.29 is 9.13 Å².